The van der Waals surface area contributed by atoms with Gasteiger partial charge in [0.05, 0.1) is 4.92 Å². The molecule has 0 aliphatic rings. The Morgan fingerprint density at radius 2 is 2.00 bits per heavy atom. The molecule has 6 nitrogen and oxygen atoms in total. The third-order valence-electron chi connectivity index (χ3n) is 1.82. The molecule has 0 radical (unpaired) electrons. The van der Waals surface area contributed by atoms with E-state index in [0.29, 0.717) is 0 Å². The van der Waals surface area contributed by atoms with Gasteiger partial charge in [-0.3, -0.25) is 10.1 Å². The van der Waals surface area contributed by atoms with Crippen LogP contribution in [0.15, 0.2) is 18.2 Å². The first-order chi connectivity index (χ1) is 7.72. The predicted molar refractivity (Wildman–Crippen MR) is 59.9 cm³/mol. The molecule has 0 bridgehead atoms. The van der Waals surface area contributed by atoms with Crippen molar-refractivity contribution in [3.8, 4) is 5.75 Å². The quantitative estimate of drug-likeness (QED) is 0.485. The van der Waals surface area contributed by atoms with E-state index >= 15 is 0 Å². The molecule has 0 saturated carbocycles. The van der Waals surface area contributed by atoms with Gasteiger partial charge in [0, 0.05) is 0 Å². The maximum absolute atomic E-state index is 11.7. The van der Waals surface area contributed by atoms with Gasteiger partial charge >= 0.3 is 11.7 Å². The highest BCUT2D eigenvalue weighted by Crippen LogP contribution is 2.30. The lowest BCUT2D eigenvalue weighted by atomic mass is 10.1. The maximum Gasteiger partial charge on any atom is 0.345 e. The molecule has 17 heavy (non-hydrogen) atoms. The van der Waals surface area contributed by atoms with E-state index in [1.165, 1.54) is 12.1 Å². The van der Waals surface area contributed by atoms with Crippen molar-refractivity contribution in [3.05, 3.63) is 33.9 Å². The number of carbonyl (C=O) groups is 1. The minimum absolute atomic E-state index is 0.259. The Hall–Kier alpha value is -2.11. The molecule has 0 amide bonds. The lowest BCUT2D eigenvalue weighted by Gasteiger charge is -2.19. The molecule has 1 aromatic carbocycles. The van der Waals surface area contributed by atoms with Crippen LogP contribution in [0.25, 0.3) is 0 Å². The van der Waals surface area contributed by atoms with E-state index in [1.54, 1.807) is 20.8 Å². The summed E-state index contributed by atoms with van der Waals surface area (Å²) in [4.78, 5) is 21.6. The van der Waals surface area contributed by atoms with Gasteiger partial charge in [0.15, 0.2) is 5.75 Å². The number of phenols is 1. The van der Waals surface area contributed by atoms with E-state index < -0.39 is 27.9 Å². The number of rotatable bonds is 2. The first kappa shape index (κ1) is 13.0. The zero-order valence-corrected chi connectivity index (χ0v) is 9.76. The van der Waals surface area contributed by atoms with Crippen LogP contribution in [0.2, 0.25) is 0 Å². The van der Waals surface area contributed by atoms with Crippen LogP contribution in [0.3, 0.4) is 0 Å². The summed E-state index contributed by atoms with van der Waals surface area (Å²) in [5.74, 6) is -1.39. The summed E-state index contributed by atoms with van der Waals surface area (Å²) in [6.07, 6.45) is 0. The Morgan fingerprint density at radius 1 is 1.41 bits per heavy atom. The molecule has 1 aromatic rings. The van der Waals surface area contributed by atoms with Gasteiger partial charge in [-0.15, -0.1) is 0 Å². The maximum atomic E-state index is 11.7. The minimum atomic E-state index is -0.833. The SMILES string of the molecule is CC(C)(C)OC(=O)c1cccc(O)c1[N+](=O)[O-]. The first-order valence-electron chi connectivity index (χ1n) is 4.92. The van der Waals surface area contributed by atoms with Crippen LogP contribution >= 0.6 is 0 Å². The van der Waals surface area contributed by atoms with Crippen LogP contribution in [0.4, 0.5) is 5.69 Å². The molecule has 0 aliphatic heterocycles. The molecule has 0 atom stereocenters. The molecule has 6 heteroatoms. The number of hydrogen-bond donors (Lipinski definition) is 1. The molecule has 0 aromatic heterocycles. The molecule has 0 aliphatic carbocycles. The minimum Gasteiger partial charge on any atom is -0.502 e. The van der Waals surface area contributed by atoms with Crippen LogP contribution in [0, 0.1) is 10.1 Å². The molecule has 0 spiro atoms. The smallest absolute Gasteiger partial charge is 0.345 e. The summed E-state index contributed by atoms with van der Waals surface area (Å²) in [5.41, 5.74) is -1.65. The molecular weight excluding hydrogens is 226 g/mol. The van der Waals surface area contributed by atoms with E-state index in [0.717, 1.165) is 6.07 Å². The lowest BCUT2D eigenvalue weighted by Crippen LogP contribution is -2.24. The molecule has 0 unspecified atom stereocenters. The number of benzene rings is 1. The van der Waals surface area contributed by atoms with Crippen molar-refractivity contribution < 1.29 is 19.6 Å². The second-order valence-corrected chi connectivity index (χ2v) is 4.43. The van der Waals surface area contributed by atoms with Crippen LogP contribution in [-0.4, -0.2) is 21.6 Å². The number of nitro groups is 1. The van der Waals surface area contributed by atoms with Gasteiger partial charge in [0.25, 0.3) is 0 Å². The summed E-state index contributed by atoms with van der Waals surface area (Å²) < 4.78 is 5.02. The van der Waals surface area contributed by atoms with Gasteiger partial charge < -0.3 is 9.84 Å². The van der Waals surface area contributed by atoms with Crippen LogP contribution in [0.5, 0.6) is 5.75 Å². The monoisotopic (exact) mass is 239 g/mol. The van der Waals surface area contributed by atoms with Crippen LogP contribution in [0.1, 0.15) is 31.1 Å². The van der Waals surface area contributed by atoms with E-state index in [2.05, 4.69) is 0 Å². The summed E-state index contributed by atoms with van der Waals surface area (Å²) in [5, 5.41) is 20.1. The zero-order chi connectivity index (χ0) is 13.2. The highest BCUT2D eigenvalue weighted by Gasteiger charge is 2.28. The average molecular weight is 239 g/mol. The van der Waals surface area contributed by atoms with Crippen LogP contribution in [-0.2, 0) is 4.74 Å². The van der Waals surface area contributed by atoms with Gasteiger partial charge in [-0.1, -0.05) is 6.07 Å². The molecule has 0 heterocycles. The fourth-order valence-electron chi connectivity index (χ4n) is 1.22. The number of ether oxygens (including phenoxy) is 1. The Kier molecular flexibility index (Phi) is 3.36. The van der Waals surface area contributed by atoms with Crippen LogP contribution < -0.4 is 0 Å². The lowest BCUT2D eigenvalue weighted by molar-refractivity contribution is -0.386. The van der Waals surface area contributed by atoms with Gasteiger partial charge in [0.1, 0.15) is 11.2 Å². The topological polar surface area (TPSA) is 89.7 Å². The largest absolute Gasteiger partial charge is 0.502 e. The van der Waals surface area contributed by atoms with Crippen molar-refractivity contribution in [1.29, 1.82) is 0 Å². The van der Waals surface area contributed by atoms with E-state index in [-0.39, 0.29) is 5.56 Å². The highest BCUT2D eigenvalue weighted by atomic mass is 16.6. The van der Waals surface area contributed by atoms with Crippen molar-refractivity contribution >= 4 is 11.7 Å². The van der Waals surface area contributed by atoms with Crippen molar-refractivity contribution in [3.63, 3.8) is 0 Å². The summed E-state index contributed by atoms with van der Waals surface area (Å²) >= 11 is 0. The Balaban J connectivity index is 3.19. The van der Waals surface area contributed by atoms with Crippen molar-refractivity contribution in [2.24, 2.45) is 0 Å². The van der Waals surface area contributed by atoms with Gasteiger partial charge in [-0.05, 0) is 32.9 Å². The van der Waals surface area contributed by atoms with Gasteiger partial charge in [0.2, 0.25) is 0 Å². The molecule has 1 N–H and O–H groups in total. The molecular formula is C11H13NO5. The fraction of sp³-hybridized carbons (Fsp3) is 0.364. The summed E-state index contributed by atoms with van der Waals surface area (Å²) in [7, 11) is 0. The Bertz CT molecular complexity index is 461. The number of nitrogens with zero attached hydrogens (tertiary/aromatic N) is 1. The van der Waals surface area contributed by atoms with Gasteiger partial charge in [-0.25, -0.2) is 4.79 Å². The van der Waals surface area contributed by atoms with Crippen molar-refractivity contribution in [1.82, 2.24) is 0 Å². The van der Waals surface area contributed by atoms with Gasteiger partial charge in [-0.2, -0.15) is 0 Å². The molecule has 1 rings (SSSR count). The third kappa shape index (κ3) is 3.17. The Morgan fingerprint density at radius 3 is 2.47 bits per heavy atom. The summed E-state index contributed by atoms with van der Waals surface area (Å²) in [6, 6.07) is 3.74. The van der Waals surface area contributed by atoms with E-state index in [1.807, 2.05) is 0 Å². The molecule has 92 valence electrons. The predicted octanol–water partition coefficient (Wildman–Crippen LogP) is 2.26. The molecule has 0 saturated heterocycles. The van der Waals surface area contributed by atoms with Crippen molar-refractivity contribution in [2.45, 2.75) is 26.4 Å². The van der Waals surface area contributed by atoms with Crippen molar-refractivity contribution in [2.75, 3.05) is 0 Å². The summed E-state index contributed by atoms with van der Waals surface area (Å²) in [6.45, 7) is 4.96. The molecule has 0 fully saturated rings. The highest BCUT2D eigenvalue weighted by molar-refractivity contribution is 5.95. The number of para-hydroxylation sites is 1. The normalized spacial score (nSPS) is 11.0. The number of aromatic hydroxyl groups is 1. The number of phenolic OH excluding ortho intramolecular Hbond substituents is 1. The number of hydrogen-bond acceptors (Lipinski definition) is 5. The second kappa shape index (κ2) is 4.40. The van der Waals surface area contributed by atoms with E-state index in [9.17, 15) is 20.0 Å². The fourth-order valence-corrected chi connectivity index (χ4v) is 1.22. The Labute approximate surface area is 98.0 Å². The number of nitro benzene ring substituents is 1. The number of carbonyl (C=O) groups excluding carboxylic acids is 1. The zero-order valence-electron chi connectivity index (χ0n) is 9.76. The average Bonchev–Trinajstić information content (AvgIpc) is 2.13. The first-order valence-corrected chi connectivity index (χ1v) is 4.92. The third-order valence-corrected chi connectivity index (χ3v) is 1.82. The number of esters is 1. The van der Waals surface area contributed by atoms with E-state index in [4.69, 9.17) is 4.74 Å². The second-order valence-electron chi connectivity index (χ2n) is 4.43. The standard InChI is InChI=1S/C11H13NO5/c1-11(2,3)17-10(14)7-5-4-6-8(13)9(7)12(15)16/h4-6,13H,1-3H3.